The van der Waals surface area contributed by atoms with Gasteiger partial charge in [-0.2, -0.15) is 0 Å². The van der Waals surface area contributed by atoms with Crippen molar-refractivity contribution in [1.29, 1.82) is 0 Å². The second-order valence-corrected chi connectivity index (χ2v) is 4.07. The molecule has 17 heavy (non-hydrogen) atoms. The molecule has 1 N–H and O–H groups in total. The second-order valence-electron chi connectivity index (χ2n) is 2.99. The van der Waals surface area contributed by atoms with Crippen molar-refractivity contribution in [3.05, 3.63) is 6.33 Å². The second kappa shape index (κ2) is 6.95. The van der Waals surface area contributed by atoms with Gasteiger partial charge in [-0.25, -0.2) is 9.97 Å². The molecule has 7 heteroatoms. The van der Waals surface area contributed by atoms with Gasteiger partial charge in [0, 0.05) is 12.8 Å². The maximum Gasteiger partial charge on any atom is 0.306 e. The molecule has 0 aliphatic rings. The largest absolute Gasteiger partial charge is 0.490 e. The molecule has 0 saturated carbocycles. The number of ether oxygens (including phenoxy) is 2. The van der Waals surface area contributed by atoms with Crippen LogP contribution >= 0.6 is 11.8 Å². The third-order valence-corrected chi connectivity index (χ3v) is 2.96. The molecular weight excluding hydrogens is 242 g/mol. The van der Waals surface area contributed by atoms with Crippen LogP contribution in [0, 0.1) is 0 Å². The Morgan fingerprint density at radius 3 is 2.82 bits per heavy atom. The van der Waals surface area contributed by atoms with E-state index < -0.39 is 0 Å². The number of methoxy groups -OCH3 is 2. The zero-order chi connectivity index (χ0) is 12.7. The molecule has 1 aromatic rings. The number of hydrogen-bond donors (Lipinski definition) is 1. The van der Waals surface area contributed by atoms with Gasteiger partial charge in [-0.3, -0.25) is 4.79 Å². The number of esters is 1. The van der Waals surface area contributed by atoms with Crippen molar-refractivity contribution in [2.24, 2.45) is 0 Å². The molecule has 0 saturated heterocycles. The summed E-state index contributed by atoms with van der Waals surface area (Å²) in [6.07, 6.45) is 1.79. The van der Waals surface area contributed by atoms with Crippen molar-refractivity contribution in [2.75, 3.05) is 32.3 Å². The fourth-order valence-corrected chi connectivity index (χ4v) is 2.05. The van der Waals surface area contributed by atoms with Crippen molar-refractivity contribution in [1.82, 2.24) is 9.97 Å². The average Bonchev–Trinajstić information content (AvgIpc) is 2.37. The molecule has 0 aromatic carbocycles. The van der Waals surface area contributed by atoms with Crippen molar-refractivity contribution >= 4 is 23.5 Å². The number of hydrogen-bond acceptors (Lipinski definition) is 7. The fraction of sp³-hybridized carbons (Fsp3) is 0.500. The molecule has 0 bridgehead atoms. The highest BCUT2D eigenvalue weighted by molar-refractivity contribution is 7.99. The minimum atomic E-state index is -0.237. The summed E-state index contributed by atoms with van der Waals surface area (Å²) in [6.45, 7) is 0. The summed E-state index contributed by atoms with van der Waals surface area (Å²) in [4.78, 5) is 19.1. The molecule has 0 radical (unpaired) electrons. The van der Waals surface area contributed by atoms with Gasteiger partial charge in [0.2, 0.25) is 0 Å². The maximum absolute atomic E-state index is 11.0. The Morgan fingerprint density at radius 1 is 1.47 bits per heavy atom. The Bertz CT molecular complexity index is 387. The summed E-state index contributed by atoms with van der Waals surface area (Å²) >= 11 is 1.43. The van der Waals surface area contributed by atoms with E-state index in [0.717, 1.165) is 0 Å². The Kier molecular flexibility index (Phi) is 5.55. The normalized spacial score (nSPS) is 9.82. The first-order valence-corrected chi connectivity index (χ1v) is 5.97. The molecule has 1 rings (SSSR count). The summed E-state index contributed by atoms with van der Waals surface area (Å²) in [5.41, 5.74) is 0. The zero-order valence-electron chi connectivity index (χ0n) is 10.0. The lowest BCUT2D eigenvalue weighted by atomic mass is 10.5. The molecule has 94 valence electrons. The van der Waals surface area contributed by atoms with E-state index in [2.05, 4.69) is 20.0 Å². The molecule has 6 nitrogen and oxygen atoms in total. The van der Waals surface area contributed by atoms with Gasteiger partial charge in [0.25, 0.3) is 0 Å². The van der Waals surface area contributed by atoms with Crippen molar-refractivity contribution in [3.63, 3.8) is 0 Å². The Hall–Kier alpha value is -1.50. The highest BCUT2D eigenvalue weighted by Crippen LogP contribution is 2.32. The SMILES string of the molecule is CNc1ncnc(SCCC(=O)OC)c1OC. The van der Waals surface area contributed by atoms with Crippen LogP contribution in [0.25, 0.3) is 0 Å². The standard InChI is InChI=1S/C10H15N3O3S/c1-11-9-8(16-3)10(13-6-12-9)17-5-4-7(14)15-2/h6H,4-5H2,1-3H3,(H,11,12,13). The molecule has 0 aliphatic heterocycles. The van der Waals surface area contributed by atoms with E-state index in [9.17, 15) is 4.79 Å². The van der Waals surface area contributed by atoms with E-state index in [1.165, 1.54) is 25.2 Å². The van der Waals surface area contributed by atoms with Gasteiger partial charge in [0.15, 0.2) is 11.6 Å². The first-order chi connectivity index (χ1) is 8.22. The Balaban J connectivity index is 2.67. The monoisotopic (exact) mass is 257 g/mol. The fourth-order valence-electron chi connectivity index (χ4n) is 1.16. The molecule has 0 spiro atoms. The number of nitrogens with one attached hydrogen (secondary N) is 1. The molecular formula is C10H15N3O3S. The molecule has 0 amide bonds. The lowest BCUT2D eigenvalue weighted by molar-refractivity contribution is -0.140. The van der Waals surface area contributed by atoms with E-state index in [4.69, 9.17) is 4.74 Å². The molecule has 1 aromatic heterocycles. The lowest BCUT2D eigenvalue weighted by Gasteiger charge is -2.10. The van der Waals surface area contributed by atoms with Crippen LogP contribution in [-0.4, -0.2) is 43.0 Å². The minimum Gasteiger partial charge on any atom is -0.490 e. The highest BCUT2D eigenvalue weighted by Gasteiger charge is 2.12. The average molecular weight is 257 g/mol. The van der Waals surface area contributed by atoms with Crippen LogP contribution in [0.1, 0.15) is 6.42 Å². The van der Waals surface area contributed by atoms with Gasteiger partial charge < -0.3 is 14.8 Å². The lowest BCUT2D eigenvalue weighted by Crippen LogP contribution is -2.03. The first kappa shape index (κ1) is 13.6. The molecule has 1 heterocycles. The van der Waals surface area contributed by atoms with Gasteiger partial charge in [0.1, 0.15) is 11.4 Å². The van der Waals surface area contributed by atoms with Crippen LogP contribution < -0.4 is 10.1 Å². The summed E-state index contributed by atoms with van der Waals surface area (Å²) < 4.78 is 9.79. The number of rotatable bonds is 6. The quantitative estimate of drug-likeness (QED) is 0.466. The topological polar surface area (TPSA) is 73.3 Å². The van der Waals surface area contributed by atoms with Gasteiger partial charge in [-0.1, -0.05) is 0 Å². The Morgan fingerprint density at radius 2 is 2.24 bits per heavy atom. The number of anilines is 1. The molecule has 0 atom stereocenters. The molecule has 0 unspecified atom stereocenters. The summed E-state index contributed by atoms with van der Waals surface area (Å²) in [5.74, 6) is 1.57. The summed E-state index contributed by atoms with van der Waals surface area (Å²) in [6, 6.07) is 0. The summed E-state index contributed by atoms with van der Waals surface area (Å²) in [7, 11) is 4.69. The number of carbonyl (C=O) groups excluding carboxylic acids is 1. The van der Waals surface area contributed by atoms with E-state index in [1.807, 2.05) is 0 Å². The van der Waals surface area contributed by atoms with Gasteiger partial charge in [0.05, 0.1) is 20.6 Å². The van der Waals surface area contributed by atoms with Crippen LogP contribution in [0.15, 0.2) is 11.4 Å². The smallest absolute Gasteiger partial charge is 0.306 e. The van der Waals surface area contributed by atoms with Crippen LogP contribution in [0.5, 0.6) is 5.75 Å². The van der Waals surface area contributed by atoms with Crippen molar-refractivity contribution in [3.8, 4) is 5.75 Å². The third kappa shape index (κ3) is 3.77. The van der Waals surface area contributed by atoms with Gasteiger partial charge in [-0.05, 0) is 0 Å². The zero-order valence-corrected chi connectivity index (χ0v) is 10.8. The number of thioether (sulfide) groups is 1. The minimum absolute atomic E-state index is 0.237. The Labute approximate surface area is 104 Å². The van der Waals surface area contributed by atoms with E-state index in [0.29, 0.717) is 28.8 Å². The molecule has 0 aliphatic carbocycles. The third-order valence-electron chi connectivity index (χ3n) is 1.98. The number of carbonyl (C=O) groups is 1. The number of nitrogens with zero attached hydrogens (tertiary/aromatic N) is 2. The van der Waals surface area contributed by atoms with Gasteiger partial charge in [-0.15, -0.1) is 11.8 Å². The van der Waals surface area contributed by atoms with Crippen LogP contribution in [0.2, 0.25) is 0 Å². The van der Waals surface area contributed by atoms with Crippen LogP contribution in [0.3, 0.4) is 0 Å². The van der Waals surface area contributed by atoms with Crippen LogP contribution in [-0.2, 0) is 9.53 Å². The van der Waals surface area contributed by atoms with Crippen molar-refractivity contribution < 1.29 is 14.3 Å². The maximum atomic E-state index is 11.0. The summed E-state index contributed by atoms with van der Waals surface area (Å²) in [5, 5.41) is 3.62. The number of aromatic nitrogens is 2. The van der Waals surface area contributed by atoms with Crippen molar-refractivity contribution in [2.45, 2.75) is 11.4 Å². The predicted molar refractivity (Wildman–Crippen MR) is 65.5 cm³/mol. The van der Waals surface area contributed by atoms with E-state index in [-0.39, 0.29) is 5.97 Å². The first-order valence-electron chi connectivity index (χ1n) is 4.99. The van der Waals surface area contributed by atoms with E-state index in [1.54, 1.807) is 14.2 Å². The van der Waals surface area contributed by atoms with Crippen LogP contribution in [0.4, 0.5) is 5.82 Å². The molecule has 0 fully saturated rings. The highest BCUT2D eigenvalue weighted by atomic mass is 32.2. The van der Waals surface area contributed by atoms with Gasteiger partial charge >= 0.3 is 5.97 Å². The predicted octanol–water partition coefficient (Wildman–Crippen LogP) is 1.18. The van der Waals surface area contributed by atoms with E-state index >= 15 is 0 Å².